The van der Waals surface area contributed by atoms with Gasteiger partial charge in [0.1, 0.15) is 0 Å². The molecule has 3 amide bonds. The molecule has 0 spiro atoms. The Balaban J connectivity index is 1.60. The number of aromatic nitrogens is 2. The molecule has 2 fully saturated rings. The molecule has 1 aromatic carbocycles. The van der Waals surface area contributed by atoms with Crippen molar-refractivity contribution in [2.45, 2.75) is 76.0 Å². The summed E-state index contributed by atoms with van der Waals surface area (Å²) >= 11 is 0. The summed E-state index contributed by atoms with van der Waals surface area (Å²) in [6.07, 6.45) is -0.940. The van der Waals surface area contributed by atoms with Crippen LogP contribution in [0.5, 0.6) is 0 Å². The lowest BCUT2D eigenvalue weighted by Crippen LogP contribution is -2.44. The number of carbonyl (C=O) groups excluding carboxylic acids is 3. The van der Waals surface area contributed by atoms with Crippen LogP contribution in [0.2, 0.25) is 0 Å². The lowest BCUT2D eigenvalue weighted by molar-refractivity contribution is -0.148. The van der Waals surface area contributed by atoms with Crippen molar-refractivity contribution in [3.05, 3.63) is 41.6 Å². The molecule has 2 heterocycles. The van der Waals surface area contributed by atoms with Crippen LogP contribution in [0.1, 0.15) is 79.9 Å². The van der Waals surface area contributed by atoms with Crippen molar-refractivity contribution in [2.75, 3.05) is 6.54 Å². The van der Waals surface area contributed by atoms with E-state index in [9.17, 15) is 37.5 Å². The molecule has 0 radical (unpaired) electrons. The maximum Gasteiger partial charge on any atom is 0.417 e. The molecular formula is C26H29F3N4O5. The van der Waals surface area contributed by atoms with Crippen LogP contribution in [0, 0.1) is 0 Å². The standard InChI is InChI=1S/C26H29F3N4O5/c27-26(28,29)19-9-4-3-8-18(19)21-15-20(31-33(21)17-6-1-2-7-17)25(38)30-16(14-24(36)37)12-13-32-22(34)10-5-11-23(32)35/h3-4,8-9,15-17H,1-2,5-7,10-14H2,(H,30,38)(H,36,37). The average molecular weight is 535 g/mol. The van der Waals surface area contributed by atoms with Gasteiger partial charge in [-0.2, -0.15) is 18.3 Å². The number of halogens is 3. The minimum atomic E-state index is -4.61. The number of piperidine rings is 1. The first kappa shape index (κ1) is 27.3. The minimum absolute atomic E-state index is 0.0165. The maximum atomic E-state index is 13.8. The molecule has 2 aliphatic rings. The third-order valence-electron chi connectivity index (χ3n) is 6.99. The summed E-state index contributed by atoms with van der Waals surface area (Å²) in [5, 5.41) is 16.3. The second kappa shape index (κ2) is 11.4. The molecule has 12 heteroatoms. The number of carboxylic acids is 1. The number of carbonyl (C=O) groups is 4. The monoisotopic (exact) mass is 534 g/mol. The highest BCUT2D eigenvalue weighted by atomic mass is 19.4. The molecule has 4 rings (SSSR count). The van der Waals surface area contributed by atoms with Crippen LogP contribution in [0.25, 0.3) is 11.3 Å². The number of imide groups is 1. The van der Waals surface area contributed by atoms with E-state index >= 15 is 0 Å². The number of rotatable bonds is 9. The molecule has 1 saturated carbocycles. The minimum Gasteiger partial charge on any atom is -0.481 e. The third kappa shape index (κ3) is 6.22. The molecular weight excluding hydrogens is 505 g/mol. The van der Waals surface area contributed by atoms with Crippen LogP contribution in [-0.2, 0) is 20.6 Å². The molecule has 1 aliphatic heterocycles. The molecule has 1 atom stereocenters. The van der Waals surface area contributed by atoms with Crippen molar-refractivity contribution >= 4 is 23.7 Å². The van der Waals surface area contributed by atoms with E-state index in [1.807, 2.05) is 0 Å². The Morgan fingerprint density at radius 1 is 1.08 bits per heavy atom. The number of aliphatic carboxylic acids is 1. The first-order valence-electron chi connectivity index (χ1n) is 12.7. The predicted molar refractivity (Wildman–Crippen MR) is 129 cm³/mol. The molecule has 204 valence electrons. The van der Waals surface area contributed by atoms with Crippen LogP contribution in [0.3, 0.4) is 0 Å². The van der Waals surface area contributed by atoms with Crippen LogP contribution in [0.15, 0.2) is 30.3 Å². The van der Waals surface area contributed by atoms with E-state index in [-0.39, 0.29) is 60.6 Å². The van der Waals surface area contributed by atoms with Crippen LogP contribution < -0.4 is 5.32 Å². The van der Waals surface area contributed by atoms with Crippen LogP contribution in [-0.4, -0.2) is 56.1 Å². The summed E-state index contributed by atoms with van der Waals surface area (Å²) in [7, 11) is 0. The van der Waals surface area contributed by atoms with Gasteiger partial charge in [-0.3, -0.25) is 28.8 Å². The fraction of sp³-hybridized carbons (Fsp3) is 0.500. The number of hydrogen-bond donors (Lipinski definition) is 2. The van der Waals surface area contributed by atoms with Gasteiger partial charge >= 0.3 is 12.1 Å². The van der Waals surface area contributed by atoms with Crippen LogP contribution in [0.4, 0.5) is 13.2 Å². The number of hydrogen-bond acceptors (Lipinski definition) is 5. The molecule has 9 nitrogen and oxygen atoms in total. The topological polar surface area (TPSA) is 122 Å². The Morgan fingerprint density at radius 3 is 2.37 bits per heavy atom. The molecule has 0 bridgehead atoms. The van der Waals surface area contributed by atoms with Gasteiger partial charge in [-0.15, -0.1) is 0 Å². The smallest absolute Gasteiger partial charge is 0.417 e. The second-order valence-electron chi connectivity index (χ2n) is 9.69. The summed E-state index contributed by atoms with van der Waals surface area (Å²) in [6, 6.07) is 5.31. The van der Waals surface area contributed by atoms with E-state index in [1.165, 1.54) is 28.9 Å². The number of likely N-dealkylation sites (tertiary alicyclic amines) is 1. The van der Waals surface area contributed by atoms with Crippen LogP contribution >= 0.6 is 0 Å². The number of alkyl halides is 3. The molecule has 38 heavy (non-hydrogen) atoms. The van der Waals surface area contributed by atoms with Gasteiger partial charge in [0.25, 0.3) is 5.91 Å². The largest absolute Gasteiger partial charge is 0.481 e. The van der Waals surface area contributed by atoms with E-state index < -0.39 is 36.1 Å². The summed E-state index contributed by atoms with van der Waals surface area (Å²) in [6.45, 7) is -0.0450. The SMILES string of the molecule is O=C(O)CC(CCN1C(=O)CCCC1=O)NC(=O)c1cc(-c2ccccc2C(F)(F)F)n(C2CCCC2)n1. The van der Waals surface area contributed by atoms with E-state index in [0.29, 0.717) is 19.3 Å². The highest BCUT2D eigenvalue weighted by Gasteiger charge is 2.35. The van der Waals surface area contributed by atoms with E-state index in [4.69, 9.17) is 0 Å². The van der Waals surface area contributed by atoms with Crippen molar-refractivity contribution in [3.63, 3.8) is 0 Å². The van der Waals surface area contributed by atoms with Gasteiger partial charge in [-0.25, -0.2) is 0 Å². The zero-order valence-corrected chi connectivity index (χ0v) is 20.7. The number of nitrogens with one attached hydrogen (secondary N) is 1. The van der Waals surface area contributed by atoms with E-state index in [2.05, 4.69) is 10.4 Å². The van der Waals surface area contributed by atoms with Crippen molar-refractivity contribution in [3.8, 4) is 11.3 Å². The number of amides is 3. The maximum absolute atomic E-state index is 13.8. The van der Waals surface area contributed by atoms with Crippen molar-refractivity contribution < 1.29 is 37.5 Å². The normalized spacial score (nSPS) is 17.6. The third-order valence-corrected chi connectivity index (χ3v) is 6.99. The van der Waals surface area contributed by atoms with Gasteiger partial charge in [-0.05, 0) is 37.8 Å². The van der Waals surface area contributed by atoms with Crippen molar-refractivity contribution in [2.24, 2.45) is 0 Å². The number of benzene rings is 1. The van der Waals surface area contributed by atoms with Gasteiger partial charge in [0.2, 0.25) is 11.8 Å². The highest BCUT2D eigenvalue weighted by Crippen LogP contribution is 2.40. The molecule has 1 aliphatic carbocycles. The summed E-state index contributed by atoms with van der Waals surface area (Å²) < 4.78 is 42.8. The van der Waals surface area contributed by atoms with Crippen molar-refractivity contribution in [1.82, 2.24) is 20.0 Å². The predicted octanol–water partition coefficient (Wildman–Crippen LogP) is 4.19. The Bertz CT molecular complexity index is 1200. The quantitative estimate of drug-likeness (QED) is 0.466. The fourth-order valence-corrected chi connectivity index (χ4v) is 5.12. The lowest BCUT2D eigenvalue weighted by Gasteiger charge is -2.26. The molecule has 1 aromatic heterocycles. The second-order valence-corrected chi connectivity index (χ2v) is 9.69. The Hall–Kier alpha value is -3.70. The highest BCUT2D eigenvalue weighted by molar-refractivity contribution is 5.97. The fourth-order valence-electron chi connectivity index (χ4n) is 5.12. The average Bonchev–Trinajstić information content (AvgIpc) is 3.53. The van der Waals surface area contributed by atoms with E-state index in [0.717, 1.165) is 23.8 Å². The summed E-state index contributed by atoms with van der Waals surface area (Å²) in [4.78, 5) is 49.8. The van der Waals surface area contributed by atoms with Gasteiger partial charge in [0.05, 0.1) is 23.7 Å². The Labute approximate surface area is 217 Å². The number of nitrogens with zero attached hydrogens (tertiary/aromatic N) is 3. The molecule has 1 unspecified atom stereocenters. The van der Waals surface area contributed by atoms with Gasteiger partial charge < -0.3 is 10.4 Å². The molecule has 2 N–H and O–H groups in total. The Kier molecular flexibility index (Phi) is 8.17. The van der Waals surface area contributed by atoms with E-state index in [1.54, 1.807) is 0 Å². The summed E-state index contributed by atoms with van der Waals surface area (Å²) in [5.74, 6) is -2.62. The lowest BCUT2D eigenvalue weighted by atomic mass is 10.0. The first-order valence-corrected chi connectivity index (χ1v) is 12.7. The zero-order chi connectivity index (χ0) is 27.4. The first-order chi connectivity index (χ1) is 18.0. The summed E-state index contributed by atoms with van der Waals surface area (Å²) in [5.41, 5.74) is -0.910. The van der Waals surface area contributed by atoms with Gasteiger partial charge in [0.15, 0.2) is 5.69 Å². The van der Waals surface area contributed by atoms with Crippen molar-refractivity contribution in [1.29, 1.82) is 0 Å². The zero-order valence-electron chi connectivity index (χ0n) is 20.7. The van der Waals surface area contributed by atoms with Gasteiger partial charge in [-0.1, -0.05) is 31.0 Å². The molecule has 2 aromatic rings. The van der Waals surface area contributed by atoms with Gasteiger partial charge in [0, 0.05) is 31.0 Å². The Morgan fingerprint density at radius 2 is 1.74 bits per heavy atom. The number of carboxylic acid groups (broad SMARTS) is 1. The molecule has 1 saturated heterocycles.